The van der Waals surface area contributed by atoms with Gasteiger partial charge in [-0.05, 0) is 42.9 Å². The van der Waals surface area contributed by atoms with Crippen molar-refractivity contribution < 1.29 is 9.53 Å². The maximum atomic E-state index is 12.2. The average molecular weight is 417 g/mol. The van der Waals surface area contributed by atoms with E-state index < -0.39 is 0 Å². The van der Waals surface area contributed by atoms with Crippen LogP contribution in [-0.2, 0) is 23.4 Å². The van der Waals surface area contributed by atoms with Gasteiger partial charge in [-0.2, -0.15) is 0 Å². The van der Waals surface area contributed by atoms with Gasteiger partial charge >= 0.3 is 0 Å². The summed E-state index contributed by atoms with van der Waals surface area (Å²) in [6.07, 6.45) is 4.62. The molecule has 0 bridgehead atoms. The monoisotopic (exact) mass is 416 g/mol. The molecule has 7 heteroatoms. The number of nitrogens with one attached hydrogen (secondary N) is 1. The number of hydrogen-bond acceptors (Lipinski definition) is 5. The Labute approximate surface area is 177 Å². The number of nitrogens with zero attached hydrogens (tertiary/aromatic N) is 3. The lowest BCUT2D eigenvalue weighted by molar-refractivity contribution is -0.119. The van der Waals surface area contributed by atoms with Gasteiger partial charge in [0.05, 0.1) is 5.75 Å². The van der Waals surface area contributed by atoms with Crippen LogP contribution in [0.15, 0.2) is 29.4 Å². The number of benzene rings is 1. The minimum absolute atomic E-state index is 0.0734. The van der Waals surface area contributed by atoms with Crippen molar-refractivity contribution in [2.24, 2.45) is 0 Å². The first-order valence-corrected chi connectivity index (χ1v) is 11.4. The first-order valence-electron chi connectivity index (χ1n) is 10.4. The summed E-state index contributed by atoms with van der Waals surface area (Å²) in [5, 5.41) is 12.4. The van der Waals surface area contributed by atoms with Crippen LogP contribution in [0.3, 0.4) is 0 Å². The molecule has 158 valence electrons. The molecule has 1 amide bonds. The van der Waals surface area contributed by atoms with E-state index in [2.05, 4.69) is 48.4 Å². The Hall–Kier alpha value is -2.02. The summed E-state index contributed by atoms with van der Waals surface area (Å²) in [6, 6.07) is 8.54. The normalized spacial score (nSPS) is 14.9. The molecular weight excluding hydrogens is 384 g/mol. The maximum absolute atomic E-state index is 12.2. The van der Waals surface area contributed by atoms with Crippen LogP contribution in [0.25, 0.3) is 0 Å². The van der Waals surface area contributed by atoms with Crippen molar-refractivity contribution in [1.29, 1.82) is 0 Å². The second-order valence-electron chi connectivity index (χ2n) is 8.54. The highest BCUT2D eigenvalue weighted by molar-refractivity contribution is 7.99. The first kappa shape index (κ1) is 21.7. The Kier molecular flexibility index (Phi) is 7.22. The number of thioether (sulfide) groups is 1. The van der Waals surface area contributed by atoms with E-state index in [4.69, 9.17) is 4.74 Å². The van der Waals surface area contributed by atoms with Crippen LogP contribution < -0.4 is 10.1 Å². The fraction of sp³-hybridized carbons (Fsp3) is 0.591. The fourth-order valence-electron chi connectivity index (χ4n) is 3.52. The summed E-state index contributed by atoms with van der Waals surface area (Å²) >= 11 is 1.43. The molecule has 3 rings (SSSR count). The lowest BCUT2D eigenvalue weighted by atomic mass is 9.87. The third kappa shape index (κ3) is 5.98. The van der Waals surface area contributed by atoms with Gasteiger partial charge in [0, 0.05) is 12.6 Å². The van der Waals surface area contributed by atoms with Crippen LogP contribution in [-0.4, -0.2) is 32.5 Å². The number of carbonyl (C=O) groups is 1. The SMILES string of the molecule is CCn1c(COc2ccc(C(C)(C)C)cc2)nnc1SCC(=O)NC1CCCC1. The Balaban J connectivity index is 1.54. The summed E-state index contributed by atoms with van der Waals surface area (Å²) < 4.78 is 7.93. The fourth-order valence-corrected chi connectivity index (χ4v) is 4.35. The van der Waals surface area contributed by atoms with E-state index >= 15 is 0 Å². The van der Waals surface area contributed by atoms with Crippen LogP contribution in [0.4, 0.5) is 0 Å². The van der Waals surface area contributed by atoms with Gasteiger partial charge in [0.2, 0.25) is 5.91 Å². The number of aromatic nitrogens is 3. The molecule has 1 heterocycles. The standard InChI is InChI=1S/C22H32N4O2S/c1-5-26-19(14-28-18-12-10-16(11-13-18)22(2,3)4)24-25-21(26)29-15-20(27)23-17-8-6-7-9-17/h10-13,17H,5-9,14-15H2,1-4H3,(H,23,27). The van der Waals surface area contributed by atoms with Gasteiger partial charge in [0.1, 0.15) is 12.4 Å². The van der Waals surface area contributed by atoms with Crippen molar-refractivity contribution >= 4 is 17.7 Å². The molecule has 1 aliphatic carbocycles. The molecule has 0 atom stereocenters. The Morgan fingerprint density at radius 2 is 1.90 bits per heavy atom. The van der Waals surface area contributed by atoms with Crippen LogP contribution >= 0.6 is 11.8 Å². The summed E-state index contributed by atoms with van der Waals surface area (Å²) in [6.45, 7) is 9.72. The smallest absolute Gasteiger partial charge is 0.230 e. The van der Waals surface area contributed by atoms with Crippen molar-refractivity contribution in [1.82, 2.24) is 20.1 Å². The van der Waals surface area contributed by atoms with Crippen molar-refractivity contribution in [2.45, 2.75) is 83.1 Å². The molecule has 29 heavy (non-hydrogen) atoms. The van der Waals surface area contributed by atoms with Crippen LogP contribution in [0.2, 0.25) is 0 Å². The van der Waals surface area contributed by atoms with Crippen LogP contribution in [0.1, 0.15) is 64.8 Å². The van der Waals surface area contributed by atoms with Gasteiger partial charge in [0.25, 0.3) is 0 Å². The van der Waals surface area contributed by atoms with E-state index in [9.17, 15) is 4.79 Å². The van der Waals surface area contributed by atoms with Crippen molar-refractivity contribution in [3.05, 3.63) is 35.7 Å². The summed E-state index contributed by atoms with van der Waals surface area (Å²) in [7, 11) is 0. The lowest BCUT2D eigenvalue weighted by Crippen LogP contribution is -2.33. The zero-order valence-electron chi connectivity index (χ0n) is 17.9. The molecular formula is C22H32N4O2S. The van der Waals surface area contributed by atoms with E-state index in [-0.39, 0.29) is 11.3 Å². The first-order chi connectivity index (χ1) is 13.9. The second-order valence-corrected chi connectivity index (χ2v) is 9.49. The average Bonchev–Trinajstić information content (AvgIpc) is 3.33. The zero-order valence-corrected chi connectivity index (χ0v) is 18.7. The topological polar surface area (TPSA) is 69.0 Å². The molecule has 0 saturated heterocycles. The van der Waals surface area contributed by atoms with Crippen molar-refractivity contribution in [3.8, 4) is 5.75 Å². The van der Waals surface area contributed by atoms with Crippen molar-refractivity contribution in [2.75, 3.05) is 5.75 Å². The molecule has 1 N–H and O–H groups in total. The Morgan fingerprint density at radius 1 is 1.21 bits per heavy atom. The zero-order chi connectivity index (χ0) is 20.9. The molecule has 1 aliphatic rings. The van der Waals surface area contributed by atoms with E-state index in [1.54, 1.807) is 0 Å². The molecule has 1 fully saturated rings. The number of hydrogen-bond donors (Lipinski definition) is 1. The molecule has 0 unspecified atom stereocenters. The Morgan fingerprint density at radius 3 is 2.52 bits per heavy atom. The molecule has 1 aromatic carbocycles. The lowest BCUT2D eigenvalue weighted by Gasteiger charge is -2.19. The minimum atomic E-state index is 0.0734. The van der Waals surface area contributed by atoms with Gasteiger partial charge < -0.3 is 14.6 Å². The summed E-state index contributed by atoms with van der Waals surface area (Å²) in [4.78, 5) is 12.2. The van der Waals surface area contributed by atoms with Gasteiger partial charge in [-0.3, -0.25) is 4.79 Å². The predicted octanol–water partition coefficient (Wildman–Crippen LogP) is 4.33. The number of amides is 1. The highest BCUT2D eigenvalue weighted by Crippen LogP contribution is 2.25. The molecule has 1 aromatic heterocycles. The largest absolute Gasteiger partial charge is 0.486 e. The second kappa shape index (κ2) is 9.65. The third-order valence-electron chi connectivity index (χ3n) is 5.25. The van der Waals surface area contributed by atoms with Crippen LogP contribution in [0.5, 0.6) is 5.75 Å². The molecule has 0 aliphatic heterocycles. The summed E-state index contributed by atoms with van der Waals surface area (Å²) in [5.41, 5.74) is 1.40. The third-order valence-corrected chi connectivity index (χ3v) is 6.22. The minimum Gasteiger partial charge on any atom is -0.486 e. The van der Waals surface area contributed by atoms with Gasteiger partial charge in [-0.1, -0.05) is 57.5 Å². The van der Waals surface area contributed by atoms with E-state index in [0.717, 1.165) is 36.1 Å². The maximum Gasteiger partial charge on any atom is 0.230 e. The van der Waals surface area contributed by atoms with Gasteiger partial charge in [-0.25, -0.2) is 0 Å². The number of carbonyl (C=O) groups excluding carboxylic acids is 1. The highest BCUT2D eigenvalue weighted by Gasteiger charge is 2.19. The van der Waals surface area contributed by atoms with E-state index in [1.807, 2.05) is 23.6 Å². The van der Waals surface area contributed by atoms with Gasteiger partial charge in [-0.15, -0.1) is 10.2 Å². The van der Waals surface area contributed by atoms with Crippen LogP contribution in [0, 0.1) is 0 Å². The molecule has 6 nitrogen and oxygen atoms in total. The molecule has 0 radical (unpaired) electrons. The van der Waals surface area contributed by atoms with E-state index in [0.29, 0.717) is 18.4 Å². The Bertz CT molecular complexity index is 805. The number of ether oxygens (including phenoxy) is 1. The quantitative estimate of drug-likeness (QED) is 0.649. The van der Waals surface area contributed by atoms with Crippen molar-refractivity contribution in [3.63, 3.8) is 0 Å². The predicted molar refractivity (Wildman–Crippen MR) is 116 cm³/mol. The number of rotatable bonds is 8. The highest BCUT2D eigenvalue weighted by atomic mass is 32.2. The molecule has 1 saturated carbocycles. The van der Waals surface area contributed by atoms with Gasteiger partial charge in [0.15, 0.2) is 11.0 Å². The molecule has 2 aromatic rings. The molecule has 0 spiro atoms. The van der Waals surface area contributed by atoms with E-state index in [1.165, 1.54) is 30.2 Å². The summed E-state index contributed by atoms with van der Waals surface area (Å²) in [5.74, 6) is 2.02.